The molecule has 0 radical (unpaired) electrons. The SMILES string of the molecule is C=C1CCC2[C@@H](CO)C([C@@]3(C)CC[C@H](O)C[C@@H]3CNCc3cccc(F)c3)CC[C@@]12C.CC(=O)[O-].[NH4+]. The molecular formula is C29H47FN2O4. The second kappa shape index (κ2) is 12.6. The van der Waals surface area contributed by atoms with Gasteiger partial charge in [0.25, 0.3) is 0 Å². The highest BCUT2D eigenvalue weighted by Crippen LogP contribution is 2.63. The first-order chi connectivity index (χ1) is 16.5. The van der Waals surface area contributed by atoms with Gasteiger partial charge in [-0.25, -0.2) is 4.39 Å². The molecule has 0 saturated heterocycles. The molecule has 0 aromatic heterocycles. The maximum absolute atomic E-state index is 13.5. The fourth-order valence-electron chi connectivity index (χ4n) is 7.51. The Labute approximate surface area is 216 Å². The molecule has 7 N–H and O–H groups in total. The summed E-state index contributed by atoms with van der Waals surface area (Å²) in [6, 6.07) is 6.75. The quantitative estimate of drug-likeness (QED) is 0.430. The molecule has 3 aliphatic carbocycles. The second-order valence-electron chi connectivity index (χ2n) is 11.5. The smallest absolute Gasteiger partial charge is 0.123 e. The van der Waals surface area contributed by atoms with Gasteiger partial charge in [0.2, 0.25) is 0 Å². The van der Waals surface area contributed by atoms with Gasteiger partial charge in [0.15, 0.2) is 0 Å². The first kappa shape index (κ1) is 30.4. The maximum atomic E-state index is 13.5. The minimum absolute atomic E-state index is 0. The Balaban J connectivity index is 0.000000850. The van der Waals surface area contributed by atoms with Gasteiger partial charge >= 0.3 is 0 Å². The van der Waals surface area contributed by atoms with E-state index in [1.165, 1.54) is 18.1 Å². The number of aliphatic hydroxyl groups excluding tert-OH is 2. The van der Waals surface area contributed by atoms with Crippen LogP contribution in [0.15, 0.2) is 36.4 Å². The van der Waals surface area contributed by atoms with Crippen LogP contribution in [0.4, 0.5) is 4.39 Å². The molecule has 3 fully saturated rings. The third-order valence-corrected chi connectivity index (χ3v) is 9.56. The molecule has 0 spiro atoms. The van der Waals surface area contributed by atoms with Crippen LogP contribution in [-0.4, -0.2) is 35.4 Å². The van der Waals surface area contributed by atoms with Crippen molar-refractivity contribution in [3.05, 3.63) is 47.8 Å². The molecule has 0 bridgehead atoms. The molecule has 1 aromatic rings. The van der Waals surface area contributed by atoms with Gasteiger partial charge in [-0.15, -0.1) is 0 Å². The normalized spacial score (nSPS) is 35.7. The van der Waals surface area contributed by atoms with E-state index < -0.39 is 5.97 Å². The molecule has 0 aliphatic heterocycles. The number of halogens is 1. The summed E-state index contributed by atoms with van der Waals surface area (Å²) in [5.74, 6) is 0.358. The van der Waals surface area contributed by atoms with Crippen LogP contribution in [0.2, 0.25) is 0 Å². The number of carboxylic acids is 1. The standard InChI is InChI=1S/C27H40FNO2.C2H4O2.H3N/c1-18-7-8-24-23(17-30)25(10-12-26(18,24)2)27(3)11-9-22(31)14-20(27)16-29-15-19-5-4-6-21(28)13-19;1-2(3)4;/h4-6,13,20,22-25,29-31H,1,7-12,14-17H2,2-3H3;1H3,(H,3,4);1H3/t20-,22+,23-,24?,25?,26+,27+;;/m1../s1. The number of fused-ring (bicyclic) bond motifs is 1. The number of rotatable bonds is 6. The number of carboxylic acid groups (broad SMARTS) is 1. The van der Waals surface area contributed by atoms with Crippen molar-refractivity contribution in [3.63, 3.8) is 0 Å². The van der Waals surface area contributed by atoms with Crippen molar-refractivity contribution in [1.29, 1.82) is 0 Å². The monoisotopic (exact) mass is 506 g/mol. The van der Waals surface area contributed by atoms with Crippen LogP contribution < -0.4 is 16.6 Å². The zero-order valence-corrected chi connectivity index (χ0v) is 22.6. The van der Waals surface area contributed by atoms with Crippen LogP contribution in [-0.2, 0) is 11.3 Å². The molecule has 2 unspecified atom stereocenters. The average molecular weight is 507 g/mol. The minimum atomic E-state index is -1.08. The first-order valence-corrected chi connectivity index (χ1v) is 13.1. The number of carbonyl (C=O) groups excluding carboxylic acids is 1. The number of aliphatic carboxylic acids is 1. The van der Waals surface area contributed by atoms with E-state index in [-0.39, 0.29) is 35.5 Å². The van der Waals surface area contributed by atoms with E-state index in [0.717, 1.165) is 57.6 Å². The summed E-state index contributed by atoms with van der Waals surface area (Å²) < 4.78 is 13.5. The number of benzene rings is 1. The van der Waals surface area contributed by atoms with E-state index in [9.17, 15) is 14.6 Å². The molecule has 1 aromatic carbocycles. The number of quaternary nitrogens is 1. The van der Waals surface area contributed by atoms with E-state index in [2.05, 4.69) is 25.7 Å². The molecule has 7 atom stereocenters. The predicted molar refractivity (Wildman–Crippen MR) is 139 cm³/mol. The van der Waals surface area contributed by atoms with Crippen molar-refractivity contribution in [1.82, 2.24) is 11.5 Å². The van der Waals surface area contributed by atoms with E-state index >= 15 is 0 Å². The zero-order chi connectivity index (χ0) is 25.8. The summed E-state index contributed by atoms with van der Waals surface area (Å²) in [5.41, 5.74) is 2.60. The summed E-state index contributed by atoms with van der Waals surface area (Å²) in [5, 5.41) is 33.4. The van der Waals surface area contributed by atoms with Crippen LogP contribution in [0.5, 0.6) is 0 Å². The molecule has 3 saturated carbocycles. The Morgan fingerprint density at radius 1 is 1.22 bits per heavy atom. The van der Waals surface area contributed by atoms with Crippen molar-refractivity contribution < 1.29 is 24.5 Å². The molecule has 4 rings (SSSR count). The topological polar surface area (TPSA) is 129 Å². The molecular weight excluding hydrogens is 459 g/mol. The Morgan fingerprint density at radius 2 is 1.92 bits per heavy atom. The van der Waals surface area contributed by atoms with E-state index in [4.69, 9.17) is 9.90 Å². The fraction of sp³-hybridized carbons (Fsp3) is 0.690. The molecule has 0 heterocycles. The Bertz CT molecular complexity index is 892. The van der Waals surface area contributed by atoms with Crippen molar-refractivity contribution in [2.45, 2.75) is 78.4 Å². The maximum Gasteiger partial charge on any atom is 0.123 e. The number of carbonyl (C=O) groups is 1. The Hall–Kier alpha value is -1.80. The van der Waals surface area contributed by atoms with Gasteiger partial charge in [0.05, 0.1) is 6.10 Å². The fourth-order valence-corrected chi connectivity index (χ4v) is 7.51. The highest BCUT2D eigenvalue weighted by Gasteiger charge is 2.56. The first-order valence-electron chi connectivity index (χ1n) is 13.1. The molecule has 0 amide bonds. The third kappa shape index (κ3) is 6.55. The van der Waals surface area contributed by atoms with Crippen LogP contribution >= 0.6 is 0 Å². The number of hydrogen-bond acceptors (Lipinski definition) is 5. The van der Waals surface area contributed by atoms with E-state index in [1.54, 1.807) is 12.1 Å². The largest absolute Gasteiger partial charge is 0.550 e. The van der Waals surface area contributed by atoms with Gasteiger partial charge in [-0.2, -0.15) is 0 Å². The lowest BCUT2D eigenvalue weighted by Gasteiger charge is -2.56. The van der Waals surface area contributed by atoms with Crippen LogP contribution in [0.1, 0.15) is 71.3 Å². The summed E-state index contributed by atoms with van der Waals surface area (Å²) in [7, 11) is 0. The summed E-state index contributed by atoms with van der Waals surface area (Å²) >= 11 is 0. The highest BCUT2D eigenvalue weighted by molar-refractivity contribution is 5.60. The highest BCUT2D eigenvalue weighted by atomic mass is 19.1. The van der Waals surface area contributed by atoms with Crippen molar-refractivity contribution in [2.24, 2.45) is 34.5 Å². The predicted octanol–water partition coefficient (Wildman–Crippen LogP) is 4.21. The molecule has 3 aliphatic rings. The van der Waals surface area contributed by atoms with E-state index in [0.29, 0.717) is 30.2 Å². The van der Waals surface area contributed by atoms with Crippen LogP contribution in [0.3, 0.4) is 0 Å². The van der Waals surface area contributed by atoms with Gasteiger partial charge < -0.3 is 31.6 Å². The second-order valence-corrected chi connectivity index (χ2v) is 11.5. The Kier molecular flexibility index (Phi) is 10.7. The van der Waals surface area contributed by atoms with Crippen molar-refractivity contribution in [3.8, 4) is 0 Å². The summed E-state index contributed by atoms with van der Waals surface area (Å²) in [6.45, 7) is 11.8. The summed E-state index contributed by atoms with van der Waals surface area (Å²) in [4.78, 5) is 8.89. The third-order valence-electron chi connectivity index (χ3n) is 9.56. The lowest BCUT2D eigenvalue weighted by molar-refractivity contribution is -0.302. The molecule has 204 valence electrons. The lowest BCUT2D eigenvalue weighted by atomic mass is 9.49. The minimum Gasteiger partial charge on any atom is -0.550 e. The summed E-state index contributed by atoms with van der Waals surface area (Å²) in [6.07, 6.45) is 6.95. The van der Waals surface area contributed by atoms with Crippen molar-refractivity contribution in [2.75, 3.05) is 13.2 Å². The van der Waals surface area contributed by atoms with Crippen LogP contribution in [0, 0.1) is 40.3 Å². The zero-order valence-electron chi connectivity index (χ0n) is 22.6. The van der Waals surface area contributed by atoms with Gasteiger partial charge in [-0.05, 0) is 111 Å². The molecule has 6 nitrogen and oxygen atoms in total. The lowest BCUT2D eigenvalue weighted by Crippen LogP contribution is -2.53. The number of nitrogens with one attached hydrogen (secondary N) is 1. The molecule has 36 heavy (non-hydrogen) atoms. The number of aliphatic hydroxyl groups is 2. The van der Waals surface area contributed by atoms with Gasteiger partial charge in [0, 0.05) is 19.1 Å². The number of hydrogen-bond donors (Lipinski definition) is 4. The van der Waals surface area contributed by atoms with Crippen LogP contribution in [0.25, 0.3) is 0 Å². The van der Waals surface area contributed by atoms with Gasteiger partial charge in [-0.3, -0.25) is 0 Å². The average Bonchev–Trinajstić information content (AvgIpc) is 3.10. The van der Waals surface area contributed by atoms with Gasteiger partial charge in [-0.1, -0.05) is 38.1 Å². The Morgan fingerprint density at radius 3 is 2.56 bits per heavy atom. The number of allylic oxidation sites excluding steroid dienone is 1. The molecule has 7 heteroatoms. The van der Waals surface area contributed by atoms with Crippen molar-refractivity contribution >= 4 is 5.97 Å². The van der Waals surface area contributed by atoms with E-state index in [1.807, 2.05) is 6.07 Å². The van der Waals surface area contributed by atoms with Gasteiger partial charge in [0.1, 0.15) is 5.82 Å².